The Balaban J connectivity index is 0.00000294. The summed E-state index contributed by atoms with van der Waals surface area (Å²) in [5, 5.41) is 13.7. The van der Waals surface area contributed by atoms with E-state index in [0.717, 1.165) is 27.9 Å². The summed E-state index contributed by atoms with van der Waals surface area (Å²) in [7, 11) is 1.69. The molecule has 2 aromatic carbocycles. The summed E-state index contributed by atoms with van der Waals surface area (Å²) < 4.78 is 18.9. The molecular formula is C28H38Cl2FN7O3. The summed E-state index contributed by atoms with van der Waals surface area (Å²) >= 11 is 0. The van der Waals surface area contributed by atoms with Crippen LogP contribution >= 0.6 is 24.8 Å². The number of aryl methyl sites for hydroxylation is 2. The summed E-state index contributed by atoms with van der Waals surface area (Å²) in [6, 6.07) is 10.6. The minimum Gasteiger partial charge on any atom is -0.376 e. The molecule has 10 nitrogen and oxygen atoms in total. The van der Waals surface area contributed by atoms with E-state index in [-0.39, 0.29) is 61.6 Å². The molecule has 4 rings (SSSR count). The number of carbonyl (C=O) groups excluding carboxylic acids is 2. The van der Waals surface area contributed by atoms with Crippen LogP contribution in [0.2, 0.25) is 0 Å². The molecule has 2 heterocycles. The minimum absolute atomic E-state index is 0. The second-order valence-electron chi connectivity index (χ2n) is 10.1. The molecule has 2 N–H and O–H groups in total. The Bertz CT molecular complexity index is 1340. The van der Waals surface area contributed by atoms with Crippen molar-refractivity contribution < 1.29 is 18.5 Å². The Morgan fingerprint density at radius 2 is 1.80 bits per heavy atom. The lowest BCUT2D eigenvalue weighted by atomic mass is 10.1. The van der Waals surface area contributed by atoms with Crippen LogP contribution < -0.4 is 10.6 Å². The molecule has 0 fully saturated rings. The highest BCUT2D eigenvalue weighted by atomic mass is 35.5. The fraction of sp³-hybridized carbons (Fsp3) is 0.429. The molecule has 1 aliphatic rings. The molecule has 0 spiro atoms. The molecule has 1 aliphatic heterocycles. The highest BCUT2D eigenvalue weighted by Crippen LogP contribution is 2.25. The van der Waals surface area contributed by atoms with Gasteiger partial charge in [-0.2, -0.15) is 4.98 Å². The quantitative estimate of drug-likeness (QED) is 0.336. The molecule has 0 aliphatic carbocycles. The van der Waals surface area contributed by atoms with Gasteiger partial charge in [-0.1, -0.05) is 31.1 Å². The molecule has 41 heavy (non-hydrogen) atoms. The summed E-state index contributed by atoms with van der Waals surface area (Å²) in [6.45, 7) is 9.58. The lowest BCUT2D eigenvalue weighted by Crippen LogP contribution is -2.49. The zero-order valence-corrected chi connectivity index (χ0v) is 25.6. The summed E-state index contributed by atoms with van der Waals surface area (Å²) in [5.74, 6) is 0.238. The van der Waals surface area contributed by atoms with E-state index in [2.05, 4.69) is 20.8 Å². The zero-order valence-electron chi connectivity index (χ0n) is 23.9. The second kappa shape index (κ2) is 15.1. The van der Waals surface area contributed by atoms with Gasteiger partial charge in [0.15, 0.2) is 5.82 Å². The minimum atomic E-state index is -0.292. The predicted molar refractivity (Wildman–Crippen MR) is 160 cm³/mol. The van der Waals surface area contributed by atoms with Gasteiger partial charge in [-0.05, 0) is 54.8 Å². The van der Waals surface area contributed by atoms with Crippen molar-refractivity contribution in [1.29, 1.82) is 0 Å². The third-order valence-electron chi connectivity index (χ3n) is 6.71. The number of anilines is 1. The van der Waals surface area contributed by atoms with E-state index < -0.39 is 0 Å². The number of hydrazine groups is 1. The Morgan fingerprint density at radius 3 is 2.49 bits per heavy atom. The number of hydrogen-bond donors (Lipinski definition) is 2. The molecule has 0 unspecified atom stereocenters. The molecule has 0 saturated heterocycles. The highest BCUT2D eigenvalue weighted by Gasteiger charge is 2.27. The number of nitrogens with zero attached hydrogens (tertiary/aromatic N) is 5. The van der Waals surface area contributed by atoms with Crippen molar-refractivity contribution in [3.8, 4) is 11.5 Å². The highest BCUT2D eigenvalue weighted by molar-refractivity contribution is 5.87. The van der Waals surface area contributed by atoms with Crippen molar-refractivity contribution in [2.45, 2.75) is 46.8 Å². The number of nitrogens with one attached hydrogen (secondary N) is 2. The van der Waals surface area contributed by atoms with E-state index in [0.29, 0.717) is 37.9 Å². The van der Waals surface area contributed by atoms with Crippen LogP contribution in [0.25, 0.3) is 11.5 Å². The lowest BCUT2D eigenvalue weighted by molar-refractivity contribution is -0.151. The first-order valence-electron chi connectivity index (χ1n) is 13.1. The Labute approximate surface area is 252 Å². The molecular weight excluding hydrogens is 572 g/mol. The summed E-state index contributed by atoms with van der Waals surface area (Å²) in [6.07, 6.45) is 0. The number of rotatable bonds is 11. The second-order valence-corrected chi connectivity index (χ2v) is 10.1. The van der Waals surface area contributed by atoms with Crippen LogP contribution in [0.15, 0.2) is 40.9 Å². The van der Waals surface area contributed by atoms with Crippen LogP contribution in [0.3, 0.4) is 0 Å². The van der Waals surface area contributed by atoms with Crippen molar-refractivity contribution in [1.82, 2.24) is 30.4 Å². The zero-order chi connectivity index (χ0) is 28.1. The van der Waals surface area contributed by atoms with Gasteiger partial charge < -0.3 is 20.1 Å². The van der Waals surface area contributed by atoms with Gasteiger partial charge in [0, 0.05) is 50.5 Å². The van der Waals surface area contributed by atoms with Crippen molar-refractivity contribution in [3.05, 3.63) is 64.7 Å². The molecule has 1 aromatic heterocycles. The van der Waals surface area contributed by atoms with Crippen molar-refractivity contribution in [2.24, 2.45) is 0 Å². The van der Waals surface area contributed by atoms with Crippen molar-refractivity contribution in [2.75, 3.05) is 38.5 Å². The molecule has 0 radical (unpaired) electrons. The van der Waals surface area contributed by atoms with E-state index in [1.165, 1.54) is 17.1 Å². The first kappa shape index (κ1) is 34.0. The monoisotopic (exact) mass is 609 g/mol. The molecule has 3 aromatic rings. The maximum atomic E-state index is 13.6. The molecule has 0 atom stereocenters. The Kier molecular flexibility index (Phi) is 12.5. The number of aromatic nitrogens is 2. The normalized spacial score (nSPS) is 12.4. The van der Waals surface area contributed by atoms with Gasteiger partial charge in [-0.3, -0.25) is 14.6 Å². The SMILES string of the molecule is Cc1noc(-c2ccc(C)c(NCC(=O)N(CCNC(C)C)CC(=O)N(C)N3Cc4ccc(F)cc4C3)c2)n1.Cl.Cl. The van der Waals surface area contributed by atoms with Gasteiger partial charge in [0.1, 0.15) is 12.4 Å². The Hall–Kier alpha value is -3.25. The number of carbonyl (C=O) groups is 2. The molecule has 13 heteroatoms. The summed E-state index contributed by atoms with van der Waals surface area (Å²) in [4.78, 5) is 32.4. The molecule has 2 amide bonds. The number of likely N-dealkylation sites (N-methyl/N-ethyl adjacent to an activating group) is 1. The molecule has 0 saturated carbocycles. The number of amides is 2. The smallest absolute Gasteiger partial charge is 0.257 e. The standard InChI is InChI=1S/C28H36FN7O3.2ClH/c1-18(2)30-10-11-35(17-27(38)34(5)36-15-22-8-9-24(29)12-23(22)16-36)26(37)14-31-25-13-21(7-6-19(25)3)28-32-20(4)33-39-28;;/h6-9,12-13,18,30-31H,10-11,14-17H2,1-5H3;2*1H. The first-order chi connectivity index (χ1) is 18.6. The average Bonchev–Trinajstić information content (AvgIpc) is 3.52. The number of fused-ring (bicyclic) bond motifs is 1. The van der Waals surface area contributed by atoms with Gasteiger partial charge in [-0.15, -0.1) is 24.8 Å². The largest absolute Gasteiger partial charge is 0.376 e. The Morgan fingerprint density at radius 1 is 1.07 bits per heavy atom. The number of benzene rings is 2. The van der Waals surface area contributed by atoms with Gasteiger partial charge >= 0.3 is 0 Å². The van der Waals surface area contributed by atoms with Gasteiger partial charge in [0.05, 0.1) is 6.54 Å². The fourth-order valence-electron chi connectivity index (χ4n) is 4.40. The third kappa shape index (κ3) is 8.87. The van der Waals surface area contributed by atoms with E-state index in [4.69, 9.17) is 4.52 Å². The van der Waals surface area contributed by atoms with Crippen LogP contribution in [-0.4, -0.2) is 76.1 Å². The first-order valence-corrected chi connectivity index (χ1v) is 13.1. The maximum absolute atomic E-state index is 13.6. The predicted octanol–water partition coefficient (Wildman–Crippen LogP) is 3.96. The fourth-order valence-corrected chi connectivity index (χ4v) is 4.40. The van der Waals surface area contributed by atoms with Gasteiger partial charge in [0.25, 0.3) is 11.8 Å². The van der Waals surface area contributed by atoms with Crippen LogP contribution in [0.5, 0.6) is 0 Å². The molecule has 0 bridgehead atoms. The topological polar surface area (TPSA) is 107 Å². The molecule has 224 valence electrons. The van der Waals surface area contributed by atoms with E-state index in [1.807, 2.05) is 44.0 Å². The van der Waals surface area contributed by atoms with Crippen molar-refractivity contribution >= 4 is 42.3 Å². The average molecular weight is 611 g/mol. The summed E-state index contributed by atoms with van der Waals surface area (Å²) in [5.41, 5.74) is 4.32. The van der Waals surface area contributed by atoms with Gasteiger partial charge in [0.2, 0.25) is 5.91 Å². The third-order valence-corrected chi connectivity index (χ3v) is 6.71. The van der Waals surface area contributed by atoms with Gasteiger partial charge in [-0.25, -0.2) is 9.40 Å². The van der Waals surface area contributed by atoms with Crippen LogP contribution in [0, 0.1) is 19.7 Å². The van der Waals surface area contributed by atoms with E-state index in [1.54, 1.807) is 24.9 Å². The number of hydrogen-bond acceptors (Lipinski definition) is 8. The van der Waals surface area contributed by atoms with Crippen LogP contribution in [0.1, 0.15) is 36.4 Å². The van der Waals surface area contributed by atoms with E-state index >= 15 is 0 Å². The van der Waals surface area contributed by atoms with Crippen LogP contribution in [0.4, 0.5) is 10.1 Å². The van der Waals surface area contributed by atoms with Crippen molar-refractivity contribution in [3.63, 3.8) is 0 Å². The maximum Gasteiger partial charge on any atom is 0.257 e. The number of halogens is 3. The van der Waals surface area contributed by atoms with E-state index in [9.17, 15) is 14.0 Å². The van der Waals surface area contributed by atoms with Crippen LogP contribution in [-0.2, 0) is 22.7 Å². The lowest BCUT2D eigenvalue weighted by Gasteiger charge is -2.31.